The van der Waals surface area contributed by atoms with Gasteiger partial charge in [-0.25, -0.2) is 4.68 Å². The summed E-state index contributed by atoms with van der Waals surface area (Å²) in [7, 11) is 0. The number of anilines is 1. The zero-order valence-corrected chi connectivity index (χ0v) is 13.0. The summed E-state index contributed by atoms with van der Waals surface area (Å²) < 4.78 is 2.56. The first kappa shape index (κ1) is 13.8. The lowest BCUT2D eigenvalue weighted by Crippen LogP contribution is -2.19. The molecular formula is C15H13BrN4O. The standard InChI is InChI=1S/C15H13BrN4O/c1-10-6-7-11(8-12(10)16)17-15(21)9-20-14-5-3-2-4-13(14)18-19-20/h2-8H,9H2,1H3,(H,17,21). The van der Waals surface area contributed by atoms with Crippen LogP contribution in [0.3, 0.4) is 0 Å². The number of amides is 1. The van der Waals surface area contributed by atoms with Crippen molar-refractivity contribution in [1.29, 1.82) is 0 Å². The van der Waals surface area contributed by atoms with Crippen LogP contribution in [0, 0.1) is 6.92 Å². The van der Waals surface area contributed by atoms with Gasteiger partial charge in [0.1, 0.15) is 12.1 Å². The third-order valence-corrected chi connectivity index (χ3v) is 4.02. The fourth-order valence-corrected chi connectivity index (χ4v) is 2.42. The summed E-state index contributed by atoms with van der Waals surface area (Å²) in [5.74, 6) is -0.138. The van der Waals surface area contributed by atoms with Gasteiger partial charge in [-0.1, -0.05) is 39.3 Å². The van der Waals surface area contributed by atoms with Crippen LogP contribution in [0.4, 0.5) is 5.69 Å². The molecule has 6 heteroatoms. The number of carbonyl (C=O) groups excluding carboxylic acids is 1. The highest BCUT2D eigenvalue weighted by molar-refractivity contribution is 9.10. The summed E-state index contributed by atoms with van der Waals surface area (Å²) in [4.78, 5) is 12.1. The van der Waals surface area contributed by atoms with Gasteiger partial charge in [-0.15, -0.1) is 5.10 Å². The number of fused-ring (bicyclic) bond motifs is 1. The van der Waals surface area contributed by atoms with Gasteiger partial charge in [0.15, 0.2) is 0 Å². The van der Waals surface area contributed by atoms with Crippen molar-refractivity contribution in [2.75, 3.05) is 5.32 Å². The highest BCUT2D eigenvalue weighted by Gasteiger charge is 2.09. The smallest absolute Gasteiger partial charge is 0.246 e. The first-order valence-electron chi connectivity index (χ1n) is 6.48. The summed E-state index contributed by atoms with van der Waals surface area (Å²) >= 11 is 3.45. The molecule has 3 rings (SSSR count). The number of nitrogens with one attached hydrogen (secondary N) is 1. The van der Waals surface area contributed by atoms with Crippen LogP contribution < -0.4 is 5.32 Å². The van der Waals surface area contributed by atoms with E-state index >= 15 is 0 Å². The number of benzene rings is 2. The Bertz CT molecular complexity index is 812. The Labute approximate surface area is 130 Å². The van der Waals surface area contributed by atoms with E-state index in [0.717, 1.165) is 26.8 Å². The monoisotopic (exact) mass is 344 g/mol. The first-order chi connectivity index (χ1) is 10.1. The molecule has 1 aromatic heterocycles. The lowest BCUT2D eigenvalue weighted by molar-refractivity contribution is -0.116. The molecule has 1 amide bonds. The number of halogens is 1. The minimum atomic E-state index is -0.138. The Kier molecular flexibility index (Phi) is 3.70. The van der Waals surface area contributed by atoms with Crippen molar-refractivity contribution in [3.63, 3.8) is 0 Å². The fourth-order valence-electron chi connectivity index (χ4n) is 2.04. The van der Waals surface area contributed by atoms with Gasteiger partial charge < -0.3 is 5.32 Å². The quantitative estimate of drug-likeness (QED) is 0.793. The van der Waals surface area contributed by atoms with Gasteiger partial charge in [0.05, 0.1) is 5.52 Å². The number of hydrogen-bond donors (Lipinski definition) is 1. The highest BCUT2D eigenvalue weighted by atomic mass is 79.9. The Hall–Kier alpha value is -2.21. The molecule has 0 aliphatic rings. The molecule has 106 valence electrons. The van der Waals surface area contributed by atoms with E-state index in [1.165, 1.54) is 0 Å². The van der Waals surface area contributed by atoms with Gasteiger partial charge in [-0.3, -0.25) is 4.79 Å². The summed E-state index contributed by atoms with van der Waals surface area (Å²) in [6, 6.07) is 13.3. The van der Waals surface area contributed by atoms with E-state index in [1.807, 2.05) is 49.4 Å². The highest BCUT2D eigenvalue weighted by Crippen LogP contribution is 2.20. The van der Waals surface area contributed by atoms with E-state index in [2.05, 4.69) is 31.6 Å². The molecule has 0 saturated carbocycles. The average Bonchev–Trinajstić information content (AvgIpc) is 2.86. The molecule has 3 aromatic rings. The Morgan fingerprint density at radius 2 is 2.10 bits per heavy atom. The molecule has 0 spiro atoms. The molecule has 0 unspecified atom stereocenters. The van der Waals surface area contributed by atoms with Crippen LogP contribution in [0.1, 0.15) is 5.56 Å². The molecule has 0 aliphatic heterocycles. The third kappa shape index (κ3) is 2.95. The van der Waals surface area contributed by atoms with Gasteiger partial charge >= 0.3 is 0 Å². The van der Waals surface area contributed by atoms with E-state index in [0.29, 0.717) is 0 Å². The second kappa shape index (κ2) is 5.65. The fraction of sp³-hybridized carbons (Fsp3) is 0.133. The summed E-state index contributed by atoms with van der Waals surface area (Å²) in [5, 5.41) is 10.9. The molecule has 0 atom stereocenters. The number of rotatable bonds is 3. The van der Waals surface area contributed by atoms with Gasteiger partial charge in [0.2, 0.25) is 5.91 Å². The zero-order chi connectivity index (χ0) is 14.8. The predicted molar refractivity (Wildman–Crippen MR) is 85.0 cm³/mol. The maximum atomic E-state index is 12.1. The normalized spacial score (nSPS) is 10.8. The van der Waals surface area contributed by atoms with Gasteiger partial charge in [-0.05, 0) is 36.8 Å². The Morgan fingerprint density at radius 1 is 1.29 bits per heavy atom. The second-order valence-corrected chi connectivity index (χ2v) is 5.60. The van der Waals surface area contributed by atoms with Crippen LogP contribution in [-0.4, -0.2) is 20.9 Å². The van der Waals surface area contributed by atoms with Crippen LogP contribution in [0.5, 0.6) is 0 Å². The van der Waals surface area contributed by atoms with Gasteiger partial charge in [-0.2, -0.15) is 0 Å². The average molecular weight is 345 g/mol. The van der Waals surface area contributed by atoms with Crippen LogP contribution >= 0.6 is 15.9 Å². The molecular weight excluding hydrogens is 332 g/mol. The van der Waals surface area contributed by atoms with Gasteiger partial charge in [0, 0.05) is 10.2 Å². The molecule has 1 N–H and O–H groups in total. The van der Waals surface area contributed by atoms with E-state index in [9.17, 15) is 4.79 Å². The second-order valence-electron chi connectivity index (χ2n) is 4.75. The van der Waals surface area contributed by atoms with E-state index in [-0.39, 0.29) is 12.5 Å². The largest absolute Gasteiger partial charge is 0.324 e. The molecule has 0 saturated heterocycles. The Balaban J connectivity index is 1.75. The van der Waals surface area contributed by atoms with Crippen LogP contribution in [0.25, 0.3) is 11.0 Å². The van der Waals surface area contributed by atoms with Gasteiger partial charge in [0.25, 0.3) is 0 Å². The number of para-hydroxylation sites is 1. The van der Waals surface area contributed by atoms with Crippen molar-refractivity contribution in [2.45, 2.75) is 13.5 Å². The molecule has 0 aliphatic carbocycles. The van der Waals surface area contributed by atoms with Crippen molar-refractivity contribution in [1.82, 2.24) is 15.0 Å². The molecule has 0 fully saturated rings. The maximum Gasteiger partial charge on any atom is 0.246 e. The molecule has 2 aromatic carbocycles. The predicted octanol–water partition coefficient (Wildman–Crippen LogP) is 3.14. The molecule has 5 nitrogen and oxygen atoms in total. The number of carbonyl (C=O) groups is 1. The van der Waals surface area contributed by atoms with E-state index < -0.39 is 0 Å². The van der Waals surface area contributed by atoms with Crippen molar-refractivity contribution < 1.29 is 4.79 Å². The molecule has 0 radical (unpaired) electrons. The molecule has 0 bridgehead atoms. The van der Waals surface area contributed by atoms with E-state index in [4.69, 9.17) is 0 Å². The van der Waals surface area contributed by atoms with Crippen molar-refractivity contribution in [2.24, 2.45) is 0 Å². The topological polar surface area (TPSA) is 59.8 Å². The summed E-state index contributed by atoms with van der Waals surface area (Å²) in [5.41, 5.74) is 3.50. The summed E-state index contributed by atoms with van der Waals surface area (Å²) in [6.07, 6.45) is 0. The number of aryl methyl sites for hydroxylation is 1. The first-order valence-corrected chi connectivity index (χ1v) is 7.27. The SMILES string of the molecule is Cc1ccc(NC(=O)Cn2nnc3ccccc32)cc1Br. The van der Waals surface area contributed by atoms with Crippen molar-refractivity contribution in [3.8, 4) is 0 Å². The summed E-state index contributed by atoms with van der Waals surface area (Å²) in [6.45, 7) is 2.13. The lowest BCUT2D eigenvalue weighted by atomic mass is 10.2. The molecule has 21 heavy (non-hydrogen) atoms. The minimum absolute atomic E-state index is 0.131. The van der Waals surface area contributed by atoms with Crippen molar-refractivity contribution in [3.05, 3.63) is 52.5 Å². The van der Waals surface area contributed by atoms with Crippen LogP contribution in [-0.2, 0) is 11.3 Å². The number of nitrogens with zero attached hydrogens (tertiary/aromatic N) is 3. The number of hydrogen-bond acceptors (Lipinski definition) is 3. The molecule has 1 heterocycles. The van der Waals surface area contributed by atoms with Crippen LogP contribution in [0.15, 0.2) is 46.9 Å². The minimum Gasteiger partial charge on any atom is -0.324 e. The Morgan fingerprint density at radius 3 is 2.90 bits per heavy atom. The van der Waals surface area contributed by atoms with Crippen LogP contribution in [0.2, 0.25) is 0 Å². The maximum absolute atomic E-state index is 12.1. The van der Waals surface area contributed by atoms with E-state index in [1.54, 1.807) is 4.68 Å². The lowest BCUT2D eigenvalue weighted by Gasteiger charge is -2.07. The van der Waals surface area contributed by atoms with Crippen molar-refractivity contribution >= 4 is 38.6 Å². The number of aromatic nitrogens is 3. The third-order valence-electron chi connectivity index (χ3n) is 3.17. The zero-order valence-electron chi connectivity index (χ0n) is 11.4.